The number of thioether (sulfide) groups is 1. The molecule has 5 nitrogen and oxygen atoms in total. The van der Waals surface area contributed by atoms with Gasteiger partial charge in [-0.15, -0.1) is 11.8 Å². The molecular weight excluding hydrogens is 326 g/mol. The van der Waals surface area contributed by atoms with Crippen molar-refractivity contribution in [2.75, 3.05) is 5.32 Å². The van der Waals surface area contributed by atoms with Gasteiger partial charge in [0.05, 0.1) is 10.2 Å². The molecule has 0 saturated carbocycles. The van der Waals surface area contributed by atoms with Crippen molar-refractivity contribution < 1.29 is 18.5 Å². The number of hydrogen-bond acceptors (Lipinski definition) is 4. The molecule has 8 heteroatoms. The number of carbonyl (C=O) groups excluding carboxylic acids is 1. The topological polar surface area (TPSA) is 72.2 Å². The smallest absolute Gasteiger partial charge is 0.292 e. The summed E-state index contributed by atoms with van der Waals surface area (Å²) in [6.07, 6.45) is 0. The summed E-state index contributed by atoms with van der Waals surface area (Å²) in [6, 6.07) is 8.65. The van der Waals surface area contributed by atoms with E-state index in [1.165, 1.54) is 25.1 Å². The number of nitro groups is 1. The zero-order chi connectivity index (χ0) is 17.0. The number of benzene rings is 2. The fourth-order valence-corrected chi connectivity index (χ4v) is 2.69. The molecule has 0 fully saturated rings. The summed E-state index contributed by atoms with van der Waals surface area (Å²) >= 11 is 0.829. The predicted molar refractivity (Wildman–Crippen MR) is 83.4 cm³/mol. The molecule has 2 rings (SSSR count). The molecule has 2 aromatic rings. The number of amides is 1. The van der Waals surface area contributed by atoms with Crippen LogP contribution < -0.4 is 5.32 Å². The molecule has 0 radical (unpaired) electrons. The van der Waals surface area contributed by atoms with E-state index in [0.29, 0.717) is 0 Å². The van der Waals surface area contributed by atoms with Crippen molar-refractivity contribution in [2.24, 2.45) is 0 Å². The number of halogens is 2. The van der Waals surface area contributed by atoms with Crippen molar-refractivity contribution in [3.8, 4) is 0 Å². The molecule has 0 aromatic heterocycles. The molecule has 0 aliphatic rings. The van der Waals surface area contributed by atoms with Crippen LogP contribution >= 0.6 is 11.8 Å². The van der Waals surface area contributed by atoms with Crippen molar-refractivity contribution in [1.82, 2.24) is 0 Å². The first-order valence-electron chi connectivity index (χ1n) is 6.54. The Bertz CT molecular complexity index is 755. The van der Waals surface area contributed by atoms with Crippen LogP contribution in [0.4, 0.5) is 20.2 Å². The molecule has 0 spiro atoms. The summed E-state index contributed by atoms with van der Waals surface area (Å²) in [6.45, 7) is 1.50. The average molecular weight is 338 g/mol. The van der Waals surface area contributed by atoms with E-state index in [0.717, 1.165) is 30.0 Å². The third kappa shape index (κ3) is 4.26. The highest BCUT2D eigenvalue weighted by atomic mass is 32.2. The number of nitrogens with zero attached hydrogens (tertiary/aromatic N) is 1. The fourth-order valence-electron chi connectivity index (χ4n) is 1.78. The van der Waals surface area contributed by atoms with Crippen LogP contribution in [-0.4, -0.2) is 16.1 Å². The molecule has 1 amide bonds. The van der Waals surface area contributed by atoms with Gasteiger partial charge in [-0.05, 0) is 31.2 Å². The lowest BCUT2D eigenvalue weighted by molar-refractivity contribution is -0.383. The standard InChI is InChI=1S/C15H12F2N2O3S/c1-9(23-14-8-10(16)6-7-11(14)17)15(20)18-12-4-2-3-5-13(12)19(21)22/h2-9H,1H3,(H,18,20)/t9-/m1/s1. The normalized spacial score (nSPS) is 11.8. The van der Waals surface area contributed by atoms with Gasteiger partial charge in [0.15, 0.2) is 0 Å². The highest BCUT2D eigenvalue weighted by Gasteiger charge is 2.20. The quantitative estimate of drug-likeness (QED) is 0.508. The van der Waals surface area contributed by atoms with Crippen LogP contribution in [-0.2, 0) is 4.79 Å². The van der Waals surface area contributed by atoms with Gasteiger partial charge in [-0.2, -0.15) is 0 Å². The van der Waals surface area contributed by atoms with E-state index >= 15 is 0 Å². The van der Waals surface area contributed by atoms with E-state index < -0.39 is 27.7 Å². The second-order valence-electron chi connectivity index (χ2n) is 4.60. The van der Waals surface area contributed by atoms with Gasteiger partial charge in [-0.25, -0.2) is 8.78 Å². The summed E-state index contributed by atoms with van der Waals surface area (Å²) < 4.78 is 26.7. The van der Waals surface area contributed by atoms with Crippen molar-refractivity contribution >= 4 is 29.0 Å². The van der Waals surface area contributed by atoms with E-state index in [1.807, 2.05) is 0 Å². The minimum Gasteiger partial charge on any atom is -0.319 e. The Balaban J connectivity index is 2.12. The molecule has 0 bridgehead atoms. The Hall–Kier alpha value is -2.48. The maximum atomic E-state index is 13.6. The lowest BCUT2D eigenvalue weighted by atomic mass is 10.2. The van der Waals surface area contributed by atoms with Crippen LogP contribution in [0.15, 0.2) is 47.4 Å². The number of para-hydroxylation sites is 2. The molecule has 1 atom stereocenters. The predicted octanol–water partition coefficient (Wildman–Crippen LogP) is 3.99. The summed E-state index contributed by atoms with van der Waals surface area (Å²) in [5.41, 5.74) is -0.190. The van der Waals surface area contributed by atoms with Crippen LogP contribution in [0.1, 0.15) is 6.92 Å². The third-order valence-electron chi connectivity index (χ3n) is 2.92. The molecule has 1 N–H and O–H groups in total. The van der Waals surface area contributed by atoms with Crippen molar-refractivity contribution in [1.29, 1.82) is 0 Å². The molecule has 0 unspecified atom stereocenters. The Morgan fingerprint density at radius 1 is 1.26 bits per heavy atom. The Labute approximate surface area is 134 Å². The van der Waals surface area contributed by atoms with E-state index in [-0.39, 0.29) is 16.3 Å². The molecule has 0 aliphatic heterocycles. The fraction of sp³-hybridized carbons (Fsp3) is 0.133. The number of carbonyl (C=O) groups is 1. The highest BCUT2D eigenvalue weighted by Crippen LogP contribution is 2.29. The van der Waals surface area contributed by atoms with E-state index in [4.69, 9.17) is 0 Å². The van der Waals surface area contributed by atoms with Gasteiger partial charge in [0.2, 0.25) is 5.91 Å². The van der Waals surface area contributed by atoms with E-state index in [2.05, 4.69) is 5.32 Å². The summed E-state index contributed by atoms with van der Waals surface area (Å²) in [5.74, 6) is -1.80. The highest BCUT2D eigenvalue weighted by molar-refractivity contribution is 8.00. The van der Waals surface area contributed by atoms with Crippen molar-refractivity contribution in [2.45, 2.75) is 17.1 Å². The van der Waals surface area contributed by atoms with Gasteiger partial charge in [0, 0.05) is 11.0 Å². The minimum atomic E-state index is -0.772. The van der Waals surface area contributed by atoms with Gasteiger partial charge < -0.3 is 5.32 Å². The molecule has 120 valence electrons. The number of rotatable bonds is 5. The second-order valence-corrected chi connectivity index (χ2v) is 5.98. The van der Waals surface area contributed by atoms with E-state index in [1.54, 1.807) is 6.07 Å². The Morgan fingerprint density at radius 3 is 2.65 bits per heavy atom. The number of anilines is 1. The maximum Gasteiger partial charge on any atom is 0.292 e. The number of hydrogen-bond donors (Lipinski definition) is 1. The Kier molecular flexibility index (Phi) is 5.28. The second kappa shape index (κ2) is 7.19. The first-order chi connectivity index (χ1) is 10.9. The molecule has 0 heterocycles. The minimum absolute atomic E-state index is 0.00443. The zero-order valence-electron chi connectivity index (χ0n) is 12.0. The zero-order valence-corrected chi connectivity index (χ0v) is 12.8. The summed E-state index contributed by atoms with van der Waals surface area (Å²) in [5, 5.41) is 12.6. The molecule has 23 heavy (non-hydrogen) atoms. The number of nitrogens with one attached hydrogen (secondary N) is 1. The SMILES string of the molecule is C[C@@H](Sc1cc(F)ccc1F)C(=O)Nc1ccccc1[N+](=O)[O-]. The van der Waals surface area contributed by atoms with Crippen molar-refractivity contribution in [3.63, 3.8) is 0 Å². The first kappa shape index (κ1) is 16.9. The van der Waals surface area contributed by atoms with Crippen LogP contribution in [0.2, 0.25) is 0 Å². The average Bonchev–Trinajstić information content (AvgIpc) is 2.51. The monoisotopic (exact) mass is 338 g/mol. The first-order valence-corrected chi connectivity index (χ1v) is 7.42. The van der Waals surface area contributed by atoms with Crippen LogP contribution in [0.3, 0.4) is 0 Å². The van der Waals surface area contributed by atoms with Crippen LogP contribution in [0.25, 0.3) is 0 Å². The molecule has 0 saturated heterocycles. The molecular formula is C15H12F2N2O3S. The lowest BCUT2D eigenvalue weighted by Gasteiger charge is -2.12. The summed E-state index contributed by atoms with van der Waals surface area (Å²) in [4.78, 5) is 22.4. The summed E-state index contributed by atoms with van der Waals surface area (Å²) in [7, 11) is 0. The van der Waals surface area contributed by atoms with Gasteiger partial charge in [-0.3, -0.25) is 14.9 Å². The van der Waals surface area contributed by atoms with Crippen molar-refractivity contribution in [3.05, 3.63) is 64.2 Å². The largest absolute Gasteiger partial charge is 0.319 e. The van der Waals surface area contributed by atoms with E-state index in [9.17, 15) is 23.7 Å². The molecule has 2 aromatic carbocycles. The maximum absolute atomic E-state index is 13.6. The lowest BCUT2D eigenvalue weighted by Crippen LogP contribution is -2.23. The van der Waals surface area contributed by atoms with Crippen LogP contribution in [0, 0.1) is 21.7 Å². The van der Waals surface area contributed by atoms with Gasteiger partial charge >= 0.3 is 0 Å². The van der Waals surface area contributed by atoms with Crippen LogP contribution in [0.5, 0.6) is 0 Å². The third-order valence-corrected chi connectivity index (χ3v) is 4.06. The Morgan fingerprint density at radius 2 is 1.96 bits per heavy atom. The number of nitro benzene ring substituents is 1. The van der Waals surface area contributed by atoms with Gasteiger partial charge in [0.1, 0.15) is 17.3 Å². The van der Waals surface area contributed by atoms with Gasteiger partial charge in [-0.1, -0.05) is 12.1 Å². The van der Waals surface area contributed by atoms with Gasteiger partial charge in [0.25, 0.3) is 5.69 Å². The molecule has 0 aliphatic carbocycles.